The van der Waals surface area contributed by atoms with Gasteiger partial charge in [-0.25, -0.2) is 0 Å². The van der Waals surface area contributed by atoms with E-state index in [2.05, 4.69) is 5.32 Å². The molecule has 0 radical (unpaired) electrons. The molecular formula is C13H22N2O3. The van der Waals surface area contributed by atoms with Crippen molar-refractivity contribution in [1.29, 1.82) is 0 Å². The highest BCUT2D eigenvalue weighted by Crippen LogP contribution is 2.05. The van der Waals surface area contributed by atoms with Gasteiger partial charge in [0.1, 0.15) is 6.61 Å². The number of ketones is 1. The lowest BCUT2D eigenvalue weighted by Gasteiger charge is -2.21. The van der Waals surface area contributed by atoms with Gasteiger partial charge in [-0.2, -0.15) is 0 Å². The third-order valence-corrected chi connectivity index (χ3v) is 2.76. The van der Waals surface area contributed by atoms with Gasteiger partial charge in [-0.15, -0.1) is 0 Å². The SMILES string of the molecule is CC(C)C[C@H](N)C(=O)N[C@H]1CC=CCOCC1=O. The minimum Gasteiger partial charge on any atom is -0.370 e. The minimum atomic E-state index is -0.562. The molecule has 0 bridgehead atoms. The lowest BCUT2D eigenvalue weighted by atomic mass is 10.0. The van der Waals surface area contributed by atoms with E-state index in [1.807, 2.05) is 26.0 Å². The van der Waals surface area contributed by atoms with Crippen LogP contribution in [0.25, 0.3) is 0 Å². The molecule has 1 aliphatic heterocycles. The van der Waals surface area contributed by atoms with E-state index < -0.39 is 12.1 Å². The number of nitrogens with one attached hydrogen (secondary N) is 1. The molecule has 102 valence electrons. The Hall–Kier alpha value is -1.20. The van der Waals surface area contributed by atoms with Gasteiger partial charge in [0.25, 0.3) is 0 Å². The maximum Gasteiger partial charge on any atom is 0.237 e. The second-order valence-corrected chi connectivity index (χ2v) is 4.99. The summed E-state index contributed by atoms with van der Waals surface area (Å²) in [7, 11) is 0. The predicted octanol–water partition coefficient (Wildman–Crippen LogP) is 0.390. The molecule has 5 nitrogen and oxygen atoms in total. The van der Waals surface area contributed by atoms with Crippen LogP contribution in [0, 0.1) is 5.92 Å². The number of amides is 1. The van der Waals surface area contributed by atoms with E-state index in [0.717, 1.165) is 0 Å². The summed E-state index contributed by atoms with van der Waals surface area (Å²) >= 11 is 0. The van der Waals surface area contributed by atoms with Crippen molar-refractivity contribution in [2.75, 3.05) is 13.2 Å². The van der Waals surface area contributed by atoms with Gasteiger partial charge in [-0.3, -0.25) is 9.59 Å². The van der Waals surface area contributed by atoms with Crippen LogP contribution in [0.1, 0.15) is 26.7 Å². The number of carbonyl (C=O) groups excluding carboxylic acids is 2. The quantitative estimate of drug-likeness (QED) is 0.711. The van der Waals surface area contributed by atoms with Gasteiger partial charge >= 0.3 is 0 Å². The number of rotatable bonds is 4. The van der Waals surface area contributed by atoms with Crippen molar-refractivity contribution in [2.45, 2.75) is 38.8 Å². The molecule has 0 saturated carbocycles. The summed E-state index contributed by atoms with van der Waals surface area (Å²) in [4.78, 5) is 23.6. The van der Waals surface area contributed by atoms with E-state index in [9.17, 15) is 9.59 Å². The third kappa shape index (κ3) is 4.98. The molecule has 0 unspecified atom stereocenters. The number of nitrogens with two attached hydrogens (primary N) is 1. The summed E-state index contributed by atoms with van der Waals surface area (Å²) in [5.41, 5.74) is 5.78. The Labute approximate surface area is 108 Å². The maximum absolute atomic E-state index is 11.8. The molecule has 2 atom stereocenters. The van der Waals surface area contributed by atoms with Crippen molar-refractivity contribution < 1.29 is 14.3 Å². The molecule has 0 aromatic carbocycles. The van der Waals surface area contributed by atoms with Crippen molar-refractivity contribution in [2.24, 2.45) is 11.7 Å². The highest BCUT2D eigenvalue weighted by molar-refractivity contribution is 5.91. The highest BCUT2D eigenvalue weighted by atomic mass is 16.5. The van der Waals surface area contributed by atoms with E-state index in [1.54, 1.807) is 0 Å². The zero-order valence-electron chi connectivity index (χ0n) is 11.0. The third-order valence-electron chi connectivity index (χ3n) is 2.76. The first-order chi connectivity index (χ1) is 8.50. The first-order valence-corrected chi connectivity index (χ1v) is 6.32. The fourth-order valence-electron chi connectivity index (χ4n) is 1.79. The first kappa shape index (κ1) is 14.9. The Morgan fingerprint density at radius 2 is 2.28 bits per heavy atom. The zero-order chi connectivity index (χ0) is 13.5. The van der Waals surface area contributed by atoms with Crippen LogP contribution in [0.15, 0.2) is 12.2 Å². The Bertz CT molecular complexity index is 326. The highest BCUT2D eigenvalue weighted by Gasteiger charge is 2.23. The van der Waals surface area contributed by atoms with Crippen LogP contribution in [-0.2, 0) is 14.3 Å². The first-order valence-electron chi connectivity index (χ1n) is 6.32. The number of hydrogen-bond acceptors (Lipinski definition) is 4. The van der Waals surface area contributed by atoms with E-state index in [0.29, 0.717) is 25.4 Å². The summed E-state index contributed by atoms with van der Waals surface area (Å²) in [6, 6.07) is -1.08. The fourth-order valence-corrected chi connectivity index (χ4v) is 1.79. The van der Waals surface area contributed by atoms with Gasteiger partial charge in [-0.05, 0) is 18.8 Å². The number of carbonyl (C=O) groups is 2. The molecule has 1 rings (SSSR count). The Balaban J connectivity index is 2.52. The summed E-state index contributed by atoms with van der Waals surface area (Å²) in [6.45, 7) is 4.49. The smallest absolute Gasteiger partial charge is 0.237 e. The molecule has 1 heterocycles. The average Bonchev–Trinajstić information content (AvgIpc) is 2.27. The van der Waals surface area contributed by atoms with Crippen molar-refractivity contribution in [3.05, 3.63) is 12.2 Å². The Morgan fingerprint density at radius 1 is 1.56 bits per heavy atom. The number of Topliss-reactive ketones (excluding diaryl/α,β-unsaturated/α-hetero) is 1. The van der Waals surface area contributed by atoms with Crippen LogP contribution in [0.5, 0.6) is 0 Å². The number of hydrogen-bond donors (Lipinski definition) is 2. The number of ether oxygens (including phenoxy) is 1. The molecule has 0 aromatic rings. The van der Waals surface area contributed by atoms with Crippen molar-refractivity contribution >= 4 is 11.7 Å². The van der Waals surface area contributed by atoms with Crippen LogP contribution in [-0.4, -0.2) is 37.0 Å². The molecule has 3 N–H and O–H groups in total. The van der Waals surface area contributed by atoms with Crippen LogP contribution in [0.2, 0.25) is 0 Å². The van der Waals surface area contributed by atoms with Crippen molar-refractivity contribution in [1.82, 2.24) is 5.32 Å². The maximum atomic E-state index is 11.8. The molecule has 0 saturated heterocycles. The normalized spacial score (nSPS) is 22.4. The van der Waals surface area contributed by atoms with E-state index >= 15 is 0 Å². The van der Waals surface area contributed by atoms with Crippen LogP contribution in [0.4, 0.5) is 0 Å². The average molecular weight is 254 g/mol. The van der Waals surface area contributed by atoms with E-state index in [-0.39, 0.29) is 18.3 Å². The zero-order valence-corrected chi connectivity index (χ0v) is 11.0. The molecule has 18 heavy (non-hydrogen) atoms. The lowest BCUT2D eigenvalue weighted by molar-refractivity contribution is -0.131. The van der Waals surface area contributed by atoms with Crippen LogP contribution >= 0.6 is 0 Å². The topological polar surface area (TPSA) is 81.4 Å². The van der Waals surface area contributed by atoms with Crippen LogP contribution < -0.4 is 11.1 Å². The standard InChI is InChI=1S/C13H22N2O3/c1-9(2)7-10(14)13(17)15-11-5-3-4-6-18-8-12(11)16/h3-4,9-11H,5-8,14H2,1-2H3,(H,15,17)/t10-,11-/m0/s1. The van der Waals surface area contributed by atoms with Crippen molar-refractivity contribution in [3.8, 4) is 0 Å². The van der Waals surface area contributed by atoms with Gasteiger partial charge < -0.3 is 15.8 Å². The summed E-state index contributed by atoms with van der Waals surface area (Å²) < 4.78 is 5.10. The Kier molecular flexibility index (Phi) is 6.01. The largest absolute Gasteiger partial charge is 0.370 e. The Morgan fingerprint density at radius 3 is 2.94 bits per heavy atom. The monoisotopic (exact) mass is 254 g/mol. The molecule has 0 fully saturated rings. The molecule has 0 spiro atoms. The summed E-state index contributed by atoms with van der Waals surface area (Å²) in [5, 5.41) is 2.70. The van der Waals surface area contributed by atoms with Gasteiger partial charge in [0, 0.05) is 0 Å². The molecular weight excluding hydrogens is 232 g/mol. The van der Waals surface area contributed by atoms with Gasteiger partial charge in [0.15, 0.2) is 5.78 Å². The van der Waals surface area contributed by atoms with E-state index in [1.165, 1.54) is 0 Å². The molecule has 5 heteroatoms. The lowest BCUT2D eigenvalue weighted by Crippen LogP contribution is -2.49. The van der Waals surface area contributed by atoms with E-state index in [4.69, 9.17) is 10.5 Å². The molecule has 1 amide bonds. The predicted molar refractivity (Wildman–Crippen MR) is 68.9 cm³/mol. The van der Waals surface area contributed by atoms with Gasteiger partial charge in [0.2, 0.25) is 5.91 Å². The molecule has 1 aliphatic rings. The van der Waals surface area contributed by atoms with Crippen molar-refractivity contribution in [3.63, 3.8) is 0 Å². The molecule has 0 aliphatic carbocycles. The molecule has 0 aromatic heterocycles. The fraction of sp³-hybridized carbons (Fsp3) is 0.692. The summed E-state index contributed by atoms with van der Waals surface area (Å²) in [6.07, 6.45) is 4.80. The summed E-state index contributed by atoms with van der Waals surface area (Å²) in [5.74, 6) is -0.0255. The van der Waals surface area contributed by atoms with Crippen LogP contribution in [0.3, 0.4) is 0 Å². The second-order valence-electron chi connectivity index (χ2n) is 4.99. The second kappa shape index (κ2) is 7.28. The van der Waals surface area contributed by atoms with Gasteiger partial charge in [0.05, 0.1) is 18.7 Å². The van der Waals surface area contributed by atoms with Gasteiger partial charge in [-0.1, -0.05) is 26.0 Å². The minimum absolute atomic E-state index is 0.0364.